The van der Waals surface area contributed by atoms with Gasteiger partial charge in [-0.1, -0.05) is 29.8 Å². The molecule has 7 heteroatoms. The van der Waals surface area contributed by atoms with Gasteiger partial charge in [-0.3, -0.25) is 0 Å². The van der Waals surface area contributed by atoms with Crippen LogP contribution >= 0.6 is 23.4 Å². The molecule has 0 radical (unpaired) electrons. The number of pyridine rings is 1. The molecule has 3 rings (SSSR count). The van der Waals surface area contributed by atoms with Crippen molar-refractivity contribution in [1.29, 1.82) is 0 Å². The number of hydrogen-bond acceptors (Lipinski definition) is 5. The second kappa shape index (κ2) is 6.66. The van der Waals surface area contributed by atoms with Crippen LogP contribution in [0.3, 0.4) is 0 Å². The summed E-state index contributed by atoms with van der Waals surface area (Å²) in [6, 6.07) is 3.75. The zero-order valence-corrected chi connectivity index (χ0v) is 13.5. The Hall–Kier alpha value is -1.27. The molecule has 1 N–H and O–H groups in total. The third-order valence-corrected chi connectivity index (χ3v) is 4.91. The van der Waals surface area contributed by atoms with E-state index in [1.165, 1.54) is 19.3 Å². The van der Waals surface area contributed by atoms with Gasteiger partial charge in [-0.25, -0.2) is 4.98 Å². The van der Waals surface area contributed by atoms with E-state index in [-0.39, 0.29) is 0 Å². The molecule has 0 saturated heterocycles. The van der Waals surface area contributed by atoms with Gasteiger partial charge in [0.2, 0.25) is 0 Å². The summed E-state index contributed by atoms with van der Waals surface area (Å²) in [5.74, 6) is 2.64. The molecule has 0 aromatic carbocycles. The topological polar surface area (TPSA) is 55.6 Å². The van der Waals surface area contributed by atoms with Gasteiger partial charge in [-0.2, -0.15) is 0 Å². The van der Waals surface area contributed by atoms with E-state index < -0.39 is 0 Å². The number of aryl methyl sites for hydroxylation is 1. The molecule has 3 heterocycles. The molecule has 0 bridgehead atoms. The third-order valence-electron chi connectivity index (χ3n) is 3.59. The Morgan fingerprint density at radius 1 is 1.29 bits per heavy atom. The van der Waals surface area contributed by atoms with Gasteiger partial charge in [0.15, 0.2) is 5.16 Å². The third kappa shape index (κ3) is 3.32. The van der Waals surface area contributed by atoms with E-state index in [1.54, 1.807) is 11.8 Å². The smallest absolute Gasteiger partial charge is 0.191 e. The van der Waals surface area contributed by atoms with E-state index in [9.17, 15) is 0 Å². The number of aromatic nitrogens is 4. The van der Waals surface area contributed by atoms with Crippen LogP contribution in [0.2, 0.25) is 5.02 Å². The molecule has 21 heavy (non-hydrogen) atoms. The standard InChI is InChI=1S/C14H18ClN5S/c1-16-12-7-6-10(15)11(17-12)9-21-14-19-18-13-5-3-2-4-8-20(13)14/h6-7H,2-5,8-9H2,1H3,(H,16,17). The van der Waals surface area contributed by atoms with E-state index in [4.69, 9.17) is 11.6 Å². The molecule has 0 amide bonds. The average molecular weight is 324 g/mol. The van der Waals surface area contributed by atoms with Crippen LogP contribution in [-0.4, -0.2) is 26.8 Å². The minimum atomic E-state index is 0.692. The molecule has 1 aliphatic rings. The number of fused-ring (bicyclic) bond motifs is 1. The van der Waals surface area contributed by atoms with E-state index in [0.29, 0.717) is 10.8 Å². The minimum absolute atomic E-state index is 0.692. The first-order valence-corrected chi connectivity index (χ1v) is 8.52. The van der Waals surface area contributed by atoms with Gasteiger partial charge < -0.3 is 9.88 Å². The first-order chi connectivity index (χ1) is 10.3. The van der Waals surface area contributed by atoms with Crippen LogP contribution in [0.1, 0.15) is 30.8 Å². The Balaban J connectivity index is 1.75. The first kappa shape index (κ1) is 14.7. The molecule has 5 nitrogen and oxygen atoms in total. The Bertz CT molecular complexity index is 628. The van der Waals surface area contributed by atoms with Crippen LogP contribution in [-0.2, 0) is 18.7 Å². The molecule has 112 valence electrons. The first-order valence-electron chi connectivity index (χ1n) is 7.16. The van der Waals surface area contributed by atoms with Crippen LogP contribution in [0.25, 0.3) is 0 Å². The van der Waals surface area contributed by atoms with Gasteiger partial charge in [-0.05, 0) is 25.0 Å². The molecular weight excluding hydrogens is 306 g/mol. The number of halogens is 1. The fourth-order valence-corrected chi connectivity index (χ4v) is 3.61. The van der Waals surface area contributed by atoms with Crippen LogP contribution in [0.5, 0.6) is 0 Å². The number of rotatable bonds is 4. The van der Waals surface area contributed by atoms with E-state index in [2.05, 4.69) is 25.1 Å². The van der Waals surface area contributed by atoms with Crippen molar-refractivity contribution in [3.63, 3.8) is 0 Å². The van der Waals surface area contributed by atoms with Crippen molar-refractivity contribution < 1.29 is 0 Å². The molecule has 2 aromatic heterocycles. The summed E-state index contributed by atoms with van der Waals surface area (Å²) in [6.07, 6.45) is 4.71. The van der Waals surface area contributed by atoms with Crippen molar-refractivity contribution in [1.82, 2.24) is 19.7 Å². The maximum Gasteiger partial charge on any atom is 0.191 e. The van der Waals surface area contributed by atoms with Gasteiger partial charge in [0.05, 0.1) is 10.7 Å². The predicted molar refractivity (Wildman–Crippen MR) is 85.9 cm³/mol. The summed E-state index contributed by atoms with van der Waals surface area (Å²) in [5.41, 5.74) is 0.875. The van der Waals surface area contributed by atoms with Gasteiger partial charge in [-0.15, -0.1) is 10.2 Å². The fourth-order valence-electron chi connectivity index (χ4n) is 2.42. The molecule has 2 aromatic rings. The molecule has 0 saturated carbocycles. The number of nitrogens with one attached hydrogen (secondary N) is 1. The largest absolute Gasteiger partial charge is 0.373 e. The van der Waals surface area contributed by atoms with Crippen molar-refractivity contribution in [2.24, 2.45) is 0 Å². The highest BCUT2D eigenvalue weighted by atomic mass is 35.5. The van der Waals surface area contributed by atoms with Gasteiger partial charge in [0, 0.05) is 25.8 Å². The summed E-state index contributed by atoms with van der Waals surface area (Å²) < 4.78 is 2.24. The van der Waals surface area contributed by atoms with Crippen LogP contribution < -0.4 is 5.32 Å². The second-order valence-electron chi connectivity index (χ2n) is 5.02. The molecule has 0 fully saturated rings. The Morgan fingerprint density at radius 3 is 3.05 bits per heavy atom. The van der Waals surface area contributed by atoms with Gasteiger partial charge in [0.1, 0.15) is 11.6 Å². The van der Waals surface area contributed by atoms with Crippen LogP contribution in [0, 0.1) is 0 Å². The Labute approximate surface area is 133 Å². The molecule has 0 spiro atoms. The van der Waals surface area contributed by atoms with Crippen LogP contribution in [0.15, 0.2) is 17.3 Å². The zero-order chi connectivity index (χ0) is 14.7. The lowest BCUT2D eigenvalue weighted by Crippen LogP contribution is -2.03. The summed E-state index contributed by atoms with van der Waals surface area (Å²) in [6.45, 7) is 1.02. The van der Waals surface area contributed by atoms with Crippen molar-refractivity contribution in [3.05, 3.63) is 28.7 Å². The summed E-state index contributed by atoms with van der Waals surface area (Å²) in [4.78, 5) is 4.50. The Morgan fingerprint density at radius 2 is 2.19 bits per heavy atom. The maximum absolute atomic E-state index is 6.22. The van der Waals surface area contributed by atoms with Gasteiger partial charge in [0.25, 0.3) is 0 Å². The Kier molecular flexibility index (Phi) is 4.65. The molecule has 0 unspecified atom stereocenters. The van der Waals surface area contributed by atoms with Crippen molar-refractivity contribution >= 4 is 29.2 Å². The van der Waals surface area contributed by atoms with Crippen molar-refractivity contribution in [3.8, 4) is 0 Å². The lowest BCUT2D eigenvalue weighted by molar-refractivity contribution is 0.591. The van der Waals surface area contributed by atoms with E-state index in [0.717, 1.165) is 35.5 Å². The second-order valence-corrected chi connectivity index (χ2v) is 6.37. The normalized spacial score (nSPS) is 14.6. The SMILES string of the molecule is CNc1ccc(Cl)c(CSc2nnc3n2CCCCC3)n1. The molecular formula is C14H18ClN5S. The monoisotopic (exact) mass is 323 g/mol. The quantitative estimate of drug-likeness (QED) is 0.874. The highest BCUT2D eigenvalue weighted by molar-refractivity contribution is 7.98. The average Bonchev–Trinajstić information content (AvgIpc) is 2.73. The number of anilines is 1. The van der Waals surface area contributed by atoms with E-state index in [1.807, 2.05) is 19.2 Å². The maximum atomic E-state index is 6.22. The molecule has 0 aliphatic carbocycles. The lowest BCUT2D eigenvalue weighted by Gasteiger charge is -2.08. The summed E-state index contributed by atoms with van der Waals surface area (Å²) in [7, 11) is 1.85. The summed E-state index contributed by atoms with van der Waals surface area (Å²) in [5, 5.41) is 13.3. The fraction of sp³-hybridized carbons (Fsp3) is 0.500. The number of nitrogens with zero attached hydrogens (tertiary/aromatic N) is 4. The molecule has 1 aliphatic heterocycles. The lowest BCUT2D eigenvalue weighted by atomic mass is 10.2. The highest BCUT2D eigenvalue weighted by Crippen LogP contribution is 2.27. The summed E-state index contributed by atoms with van der Waals surface area (Å²) >= 11 is 7.87. The van der Waals surface area contributed by atoms with E-state index >= 15 is 0 Å². The predicted octanol–water partition coefficient (Wildman–Crippen LogP) is 3.39. The zero-order valence-electron chi connectivity index (χ0n) is 12.0. The van der Waals surface area contributed by atoms with Crippen molar-refractivity contribution in [2.75, 3.05) is 12.4 Å². The minimum Gasteiger partial charge on any atom is -0.373 e. The molecule has 0 atom stereocenters. The highest BCUT2D eigenvalue weighted by Gasteiger charge is 2.15. The van der Waals surface area contributed by atoms with Crippen LogP contribution in [0.4, 0.5) is 5.82 Å². The van der Waals surface area contributed by atoms with Crippen molar-refractivity contribution in [2.45, 2.75) is 43.1 Å². The number of hydrogen-bond donors (Lipinski definition) is 1. The van der Waals surface area contributed by atoms with Gasteiger partial charge >= 0.3 is 0 Å². The number of thioether (sulfide) groups is 1.